The smallest absolute Gasteiger partial charge is 0.243 e. The number of nitrogens with zero attached hydrogens (tertiary/aromatic N) is 1. The van der Waals surface area contributed by atoms with Crippen molar-refractivity contribution in [1.29, 1.82) is 0 Å². The molecule has 2 aromatic rings. The monoisotopic (exact) mass is 336 g/mol. The summed E-state index contributed by atoms with van der Waals surface area (Å²) >= 11 is 0. The van der Waals surface area contributed by atoms with Crippen LogP contribution in [-0.4, -0.2) is 28.6 Å². The number of benzene rings is 2. The Balaban J connectivity index is 1.89. The lowest BCUT2D eigenvalue weighted by Crippen LogP contribution is -2.29. The molecule has 4 nitrogen and oxygen atoms in total. The van der Waals surface area contributed by atoms with Crippen LogP contribution in [-0.2, 0) is 10.0 Å². The molecular formula is C17H21FN2O2S. The van der Waals surface area contributed by atoms with Gasteiger partial charge in [-0.1, -0.05) is 24.3 Å². The third-order valence-electron chi connectivity index (χ3n) is 3.54. The maximum absolute atomic E-state index is 13.7. The molecule has 0 amide bonds. The number of sulfonamides is 1. The van der Waals surface area contributed by atoms with Crippen LogP contribution < -0.4 is 9.62 Å². The van der Waals surface area contributed by atoms with Crippen molar-refractivity contribution in [3.05, 3.63) is 59.9 Å². The fraction of sp³-hybridized carbons (Fsp3) is 0.294. The molecule has 0 aromatic heterocycles. The van der Waals surface area contributed by atoms with Crippen LogP contribution in [0.5, 0.6) is 0 Å². The van der Waals surface area contributed by atoms with Crippen molar-refractivity contribution in [2.75, 3.05) is 25.0 Å². The van der Waals surface area contributed by atoms with Crippen LogP contribution in [0, 0.1) is 12.7 Å². The number of nitrogens with one attached hydrogen (secondary N) is 1. The second kappa shape index (κ2) is 7.57. The van der Waals surface area contributed by atoms with Gasteiger partial charge in [-0.15, -0.1) is 0 Å². The van der Waals surface area contributed by atoms with Gasteiger partial charge in [0.1, 0.15) is 10.7 Å². The van der Waals surface area contributed by atoms with E-state index in [0.717, 1.165) is 5.69 Å². The van der Waals surface area contributed by atoms with Gasteiger partial charge in [-0.2, -0.15) is 0 Å². The van der Waals surface area contributed by atoms with E-state index in [-0.39, 0.29) is 11.4 Å². The molecule has 0 unspecified atom stereocenters. The van der Waals surface area contributed by atoms with Crippen molar-refractivity contribution in [2.24, 2.45) is 0 Å². The number of halogens is 1. The lowest BCUT2D eigenvalue weighted by Gasteiger charge is -2.19. The second-order valence-corrected chi connectivity index (χ2v) is 7.18. The first-order valence-corrected chi connectivity index (χ1v) is 8.90. The summed E-state index contributed by atoms with van der Waals surface area (Å²) in [6, 6.07) is 13.9. The van der Waals surface area contributed by atoms with E-state index >= 15 is 0 Å². The van der Waals surface area contributed by atoms with E-state index in [1.165, 1.54) is 12.1 Å². The second-order valence-electron chi connectivity index (χ2n) is 5.44. The summed E-state index contributed by atoms with van der Waals surface area (Å²) < 4.78 is 40.5. The summed E-state index contributed by atoms with van der Waals surface area (Å²) in [6.07, 6.45) is 0.623. The van der Waals surface area contributed by atoms with E-state index in [1.807, 2.05) is 42.3 Å². The van der Waals surface area contributed by atoms with Gasteiger partial charge in [-0.3, -0.25) is 0 Å². The summed E-state index contributed by atoms with van der Waals surface area (Å²) in [6.45, 7) is 2.68. The molecule has 0 spiro atoms. The molecule has 2 rings (SSSR count). The molecule has 6 heteroatoms. The van der Waals surface area contributed by atoms with Crippen molar-refractivity contribution in [3.63, 3.8) is 0 Å². The first-order chi connectivity index (χ1) is 10.9. The molecule has 0 heterocycles. The molecule has 1 N–H and O–H groups in total. The Kier molecular flexibility index (Phi) is 5.74. The quantitative estimate of drug-likeness (QED) is 0.791. The van der Waals surface area contributed by atoms with Crippen LogP contribution >= 0.6 is 0 Å². The van der Waals surface area contributed by atoms with E-state index in [9.17, 15) is 12.8 Å². The molecule has 2 aromatic carbocycles. The largest absolute Gasteiger partial charge is 0.375 e. The van der Waals surface area contributed by atoms with Gasteiger partial charge < -0.3 is 4.90 Å². The Morgan fingerprint density at radius 1 is 1.13 bits per heavy atom. The molecule has 0 fully saturated rings. The minimum Gasteiger partial charge on any atom is -0.375 e. The summed E-state index contributed by atoms with van der Waals surface area (Å²) in [7, 11) is -1.87. The van der Waals surface area contributed by atoms with Crippen molar-refractivity contribution in [3.8, 4) is 0 Å². The van der Waals surface area contributed by atoms with E-state index in [0.29, 0.717) is 18.5 Å². The van der Waals surface area contributed by atoms with Gasteiger partial charge in [-0.05, 0) is 43.2 Å². The van der Waals surface area contributed by atoms with Gasteiger partial charge in [0.15, 0.2) is 0 Å². The first-order valence-electron chi connectivity index (χ1n) is 7.42. The average molecular weight is 336 g/mol. The molecule has 0 aliphatic rings. The molecule has 0 bridgehead atoms. The Morgan fingerprint density at radius 3 is 2.52 bits per heavy atom. The van der Waals surface area contributed by atoms with E-state index in [4.69, 9.17) is 0 Å². The van der Waals surface area contributed by atoms with Gasteiger partial charge in [0.25, 0.3) is 0 Å². The molecule has 23 heavy (non-hydrogen) atoms. The third kappa shape index (κ3) is 4.77. The molecule has 0 saturated carbocycles. The van der Waals surface area contributed by atoms with E-state index in [2.05, 4.69) is 4.72 Å². The predicted molar refractivity (Wildman–Crippen MR) is 90.7 cm³/mol. The number of para-hydroxylation sites is 1. The zero-order chi connectivity index (χ0) is 16.9. The van der Waals surface area contributed by atoms with Crippen molar-refractivity contribution in [2.45, 2.75) is 18.2 Å². The maximum Gasteiger partial charge on any atom is 0.243 e. The molecule has 0 aliphatic heterocycles. The van der Waals surface area contributed by atoms with E-state index < -0.39 is 15.8 Å². The van der Waals surface area contributed by atoms with Crippen LogP contribution in [0.15, 0.2) is 53.4 Å². The van der Waals surface area contributed by atoms with Crippen LogP contribution in [0.1, 0.15) is 12.0 Å². The van der Waals surface area contributed by atoms with Gasteiger partial charge in [0, 0.05) is 25.8 Å². The molecule has 124 valence electrons. The minimum absolute atomic E-state index is 0.257. The highest BCUT2D eigenvalue weighted by molar-refractivity contribution is 7.89. The lowest BCUT2D eigenvalue weighted by atomic mass is 10.2. The highest BCUT2D eigenvalue weighted by Crippen LogP contribution is 2.16. The van der Waals surface area contributed by atoms with Gasteiger partial charge in [0.2, 0.25) is 10.0 Å². The molecule has 0 aliphatic carbocycles. The number of rotatable bonds is 7. The first kappa shape index (κ1) is 17.4. The SMILES string of the molecule is Cc1ccc(F)c(S(=O)(=O)NCCCN(C)c2ccccc2)c1. The van der Waals surface area contributed by atoms with Crippen molar-refractivity contribution in [1.82, 2.24) is 4.72 Å². The molecule has 0 saturated heterocycles. The highest BCUT2D eigenvalue weighted by atomic mass is 32.2. The van der Waals surface area contributed by atoms with Crippen LogP contribution in [0.25, 0.3) is 0 Å². The summed E-state index contributed by atoms with van der Waals surface area (Å²) in [5.41, 5.74) is 1.77. The number of aryl methyl sites for hydroxylation is 1. The molecule has 0 radical (unpaired) electrons. The van der Waals surface area contributed by atoms with Crippen LogP contribution in [0.4, 0.5) is 10.1 Å². The topological polar surface area (TPSA) is 49.4 Å². The van der Waals surface area contributed by atoms with Crippen LogP contribution in [0.3, 0.4) is 0 Å². The van der Waals surface area contributed by atoms with Crippen molar-refractivity contribution < 1.29 is 12.8 Å². The summed E-state index contributed by atoms with van der Waals surface area (Å²) in [5, 5.41) is 0. The average Bonchev–Trinajstić information content (AvgIpc) is 2.54. The van der Waals surface area contributed by atoms with Gasteiger partial charge in [-0.25, -0.2) is 17.5 Å². The molecule has 0 atom stereocenters. The maximum atomic E-state index is 13.7. The third-order valence-corrected chi connectivity index (χ3v) is 5.01. The van der Waals surface area contributed by atoms with Crippen LogP contribution in [0.2, 0.25) is 0 Å². The number of hydrogen-bond donors (Lipinski definition) is 1. The molecular weight excluding hydrogens is 315 g/mol. The minimum atomic E-state index is -3.82. The van der Waals surface area contributed by atoms with E-state index in [1.54, 1.807) is 13.0 Å². The van der Waals surface area contributed by atoms with Gasteiger partial charge in [0.05, 0.1) is 0 Å². The fourth-order valence-corrected chi connectivity index (χ4v) is 3.46. The number of anilines is 1. The predicted octanol–water partition coefficient (Wildman–Crippen LogP) is 2.94. The Hall–Kier alpha value is -1.92. The normalized spacial score (nSPS) is 11.4. The fourth-order valence-electron chi connectivity index (χ4n) is 2.23. The standard InChI is InChI=1S/C17H21FN2O2S/c1-14-9-10-16(18)17(13-14)23(21,22)19-11-6-12-20(2)15-7-4-3-5-8-15/h3-5,7-10,13,19H,6,11-12H2,1-2H3. The highest BCUT2D eigenvalue weighted by Gasteiger charge is 2.18. The van der Waals surface area contributed by atoms with Gasteiger partial charge >= 0.3 is 0 Å². The lowest BCUT2D eigenvalue weighted by molar-refractivity contribution is 0.555. The zero-order valence-electron chi connectivity index (χ0n) is 13.3. The Morgan fingerprint density at radius 2 is 1.83 bits per heavy atom. The van der Waals surface area contributed by atoms with Crippen molar-refractivity contribution >= 4 is 15.7 Å². The Labute approximate surface area is 137 Å². The summed E-state index contributed by atoms with van der Waals surface area (Å²) in [5.74, 6) is -0.732. The Bertz CT molecular complexity index is 748. The zero-order valence-corrected chi connectivity index (χ0v) is 14.1. The summed E-state index contributed by atoms with van der Waals surface area (Å²) in [4.78, 5) is 1.75. The number of hydrogen-bond acceptors (Lipinski definition) is 3.